The van der Waals surface area contributed by atoms with Crippen molar-refractivity contribution in [1.82, 2.24) is 15.1 Å². The third-order valence-electron chi connectivity index (χ3n) is 3.01. The lowest BCUT2D eigenvalue weighted by atomic mass is 10.2. The number of hydrogen-bond acceptors (Lipinski definition) is 3. The maximum absolute atomic E-state index is 4.73. The zero-order valence-electron chi connectivity index (χ0n) is 10.6. The molecular weight excluding hydrogens is 322 g/mol. The zero-order valence-corrected chi connectivity index (χ0v) is 13.0. The van der Waals surface area contributed by atoms with Gasteiger partial charge in [-0.15, -0.1) is 11.3 Å². The monoisotopic (exact) mass is 335 g/mol. The molecule has 2 heterocycles. The minimum absolute atomic E-state index is 0.793. The molecule has 0 aliphatic heterocycles. The first-order valence-corrected chi connectivity index (χ1v) is 7.72. The predicted octanol–water partition coefficient (Wildman–Crippen LogP) is 3.63. The quantitative estimate of drug-likeness (QED) is 0.789. The van der Waals surface area contributed by atoms with E-state index >= 15 is 0 Å². The molecule has 98 valence electrons. The summed E-state index contributed by atoms with van der Waals surface area (Å²) in [5.41, 5.74) is 2.30. The minimum Gasteiger partial charge on any atom is -0.314 e. The van der Waals surface area contributed by atoms with Gasteiger partial charge >= 0.3 is 0 Å². The van der Waals surface area contributed by atoms with Gasteiger partial charge in [0.1, 0.15) is 0 Å². The summed E-state index contributed by atoms with van der Waals surface area (Å²) in [5.74, 6) is 0. The summed E-state index contributed by atoms with van der Waals surface area (Å²) in [6.07, 6.45) is 0. The van der Waals surface area contributed by atoms with Crippen LogP contribution >= 0.6 is 27.3 Å². The Morgan fingerprint density at radius 3 is 2.84 bits per heavy atom. The Labute approximate surface area is 124 Å². The lowest BCUT2D eigenvalue weighted by Crippen LogP contribution is -2.07. The van der Waals surface area contributed by atoms with Crippen molar-refractivity contribution in [1.29, 1.82) is 0 Å². The number of nitrogens with one attached hydrogen (secondary N) is 1. The highest BCUT2D eigenvalue weighted by atomic mass is 79.9. The van der Waals surface area contributed by atoms with Crippen LogP contribution in [0.2, 0.25) is 0 Å². The molecule has 0 unspecified atom stereocenters. The number of rotatable bonds is 4. The average Bonchev–Trinajstić information content (AvgIpc) is 2.97. The molecule has 0 saturated carbocycles. The van der Waals surface area contributed by atoms with Gasteiger partial charge in [0, 0.05) is 16.8 Å². The second-order valence-electron chi connectivity index (χ2n) is 4.36. The Morgan fingerprint density at radius 2 is 2.11 bits per heavy atom. The van der Waals surface area contributed by atoms with Crippen molar-refractivity contribution >= 4 is 38.2 Å². The highest BCUT2D eigenvalue weighted by Gasteiger charge is 2.10. The van der Waals surface area contributed by atoms with E-state index in [0.717, 1.165) is 22.6 Å². The van der Waals surface area contributed by atoms with Gasteiger partial charge in [-0.2, -0.15) is 5.10 Å². The second kappa shape index (κ2) is 5.45. The molecule has 19 heavy (non-hydrogen) atoms. The van der Waals surface area contributed by atoms with E-state index in [2.05, 4.69) is 62.3 Å². The van der Waals surface area contributed by atoms with Gasteiger partial charge in [0.15, 0.2) is 0 Å². The summed E-state index contributed by atoms with van der Waals surface area (Å²) in [4.78, 5) is 1.30. The fraction of sp³-hybridized carbons (Fsp3) is 0.214. The normalized spacial score (nSPS) is 11.3. The molecule has 0 radical (unpaired) electrons. The molecule has 3 nitrogen and oxygen atoms in total. The van der Waals surface area contributed by atoms with Crippen LogP contribution in [-0.2, 0) is 13.1 Å². The van der Waals surface area contributed by atoms with Gasteiger partial charge in [-0.3, -0.25) is 4.68 Å². The summed E-state index contributed by atoms with van der Waals surface area (Å²) in [7, 11) is 1.95. The summed E-state index contributed by atoms with van der Waals surface area (Å²) in [5, 5.41) is 9.13. The third kappa shape index (κ3) is 2.59. The molecule has 3 rings (SSSR count). The van der Waals surface area contributed by atoms with E-state index in [1.165, 1.54) is 15.8 Å². The van der Waals surface area contributed by atoms with Crippen LogP contribution < -0.4 is 5.32 Å². The van der Waals surface area contributed by atoms with Crippen molar-refractivity contribution in [2.24, 2.45) is 0 Å². The first-order chi connectivity index (χ1) is 9.28. The molecule has 0 aliphatic carbocycles. The first-order valence-electron chi connectivity index (χ1n) is 6.11. The molecular formula is C14H14BrN3S. The zero-order chi connectivity index (χ0) is 13.2. The molecule has 1 N–H and O–H groups in total. The highest BCUT2D eigenvalue weighted by molar-refractivity contribution is 9.11. The average molecular weight is 336 g/mol. The number of para-hydroxylation sites is 1. The maximum Gasteiger partial charge on any atom is 0.0841 e. The highest BCUT2D eigenvalue weighted by Crippen LogP contribution is 2.25. The molecule has 0 bridgehead atoms. The van der Waals surface area contributed by atoms with Crippen LogP contribution in [0.15, 0.2) is 40.2 Å². The molecule has 0 aliphatic rings. The van der Waals surface area contributed by atoms with Crippen molar-refractivity contribution in [3.63, 3.8) is 0 Å². The number of nitrogens with zero attached hydrogens (tertiary/aromatic N) is 2. The molecule has 2 aromatic heterocycles. The van der Waals surface area contributed by atoms with Crippen molar-refractivity contribution in [2.45, 2.75) is 13.1 Å². The fourth-order valence-corrected chi connectivity index (χ4v) is 3.66. The molecule has 0 atom stereocenters. The van der Waals surface area contributed by atoms with Crippen LogP contribution in [0.3, 0.4) is 0 Å². The Balaban J connectivity index is 2.03. The van der Waals surface area contributed by atoms with E-state index < -0.39 is 0 Å². The number of fused-ring (bicyclic) bond motifs is 1. The van der Waals surface area contributed by atoms with Crippen molar-refractivity contribution in [2.75, 3.05) is 7.05 Å². The van der Waals surface area contributed by atoms with Crippen LogP contribution in [0.5, 0.6) is 0 Å². The third-order valence-corrected chi connectivity index (χ3v) is 4.62. The number of halogens is 1. The van der Waals surface area contributed by atoms with Gasteiger partial charge in [0.2, 0.25) is 0 Å². The summed E-state index contributed by atoms with van der Waals surface area (Å²) in [6.45, 7) is 1.61. The van der Waals surface area contributed by atoms with E-state index in [-0.39, 0.29) is 0 Å². The van der Waals surface area contributed by atoms with Crippen LogP contribution in [-0.4, -0.2) is 16.8 Å². The van der Waals surface area contributed by atoms with E-state index in [0.29, 0.717) is 0 Å². The van der Waals surface area contributed by atoms with E-state index in [1.807, 2.05) is 7.05 Å². The lowest BCUT2D eigenvalue weighted by molar-refractivity contribution is 0.682. The van der Waals surface area contributed by atoms with Gasteiger partial charge in [-0.1, -0.05) is 18.2 Å². The molecule has 5 heteroatoms. The first kappa shape index (κ1) is 12.8. The number of aromatic nitrogens is 2. The smallest absolute Gasteiger partial charge is 0.0841 e. The Morgan fingerprint density at radius 1 is 1.26 bits per heavy atom. The topological polar surface area (TPSA) is 29.9 Å². The van der Waals surface area contributed by atoms with Gasteiger partial charge in [0.25, 0.3) is 0 Å². The van der Waals surface area contributed by atoms with Gasteiger partial charge in [-0.05, 0) is 41.2 Å². The van der Waals surface area contributed by atoms with Crippen molar-refractivity contribution in [3.8, 4) is 0 Å². The van der Waals surface area contributed by atoms with E-state index in [9.17, 15) is 0 Å². The number of hydrogen-bond donors (Lipinski definition) is 1. The molecule has 0 fully saturated rings. The molecule has 0 amide bonds. The van der Waals surface area contributed by atoms with Crippen LogP contribution in [0.1, 0.15) is 10.6 Å². The van der Waals surface area contributed by atoms with Gasteiger partial charge in [0.05, 0.1) is 21.5 Å². The largest absolute Gasteiger partial charge is 0.314 e. The van der Waals surface area contributed by atoms with Gasteiger partial charge in [-0.25, -0.2) is 0 Å². The Kier molecular flexibility index (Phi) is 3.68. The molecule has 3 aromatic rings. The van der Waals surface area contributed by atoms with Crippen LogP contribution in [0, 0.1) is 0 Å². The Bertz CT molecular complexity index is 702. The SMILES string of the molecule is CNCc1nn(Cc2ccc(Br)s2)c2ccccc12. The summed E-state index contributed by atoms with van der Waals surface area (Å²) < 4.78 is 3.25. The summed E-state index contributed by atoms with van der Waals surface area (Å²) >= 11 is 5.26. The van der Waals surface area contributed by atoms with Crippen molar-refractivity contribution in [3.05, 3.63) is 50.8 Å². The van der Waals surface area contributed by atoms with Crippen molar-refractivity contribution < 1.29 is 0 Å². The number of thiophene rings is 1. The number of benzene rings is 1. The molecule has 0 spiro atoms. The lowest BCUT2D eigenvalue weighted by Gasteiger charge is -2.00. The molecule has 1 aromatic carbocycles. The second-order valence-corrected chi connectivity index (χ2v) is 6.91. The van der Waals surface area contributed by atoms with Crippen LogP contribution in [0.25, 0.3) is 10.9 Å². The molecule has 0 saturated heterocycles. The van der Waals surface area contributed by atoms with Gasteiger partial charge < -0.3 is 5.32 Å². The van der Waals surface area contributed by atoms with E-state index in [4.69, 9.17) is 5.10 Å². The summed E-state index contributed by atoms with van der Waals surface area (Å²) in [6, 6.07) is 12.6. The van der Waals surface area contributed by atoms with Crippen LogP contribution in [0.4, 0.5) is 0 Å². The standard InChI is InChI=1S/C14H14BrN3S/c1-16-8-12-11-4-2-3-5-13(11)18(17-12)9-10-6-7-14(15)19-10/h2-7,16H,8-9H2,1H3. The predicted molar refractivity (Wildman–Crippen MR) is 83.6 cm³/mol. The Hall–Kier alpha value is -1.17. The van der Waals surface area contributed by atoms with E-state index in [1.54, 1.807) is 11.3 Å². The maximum atomic E-state index is 4.73. The fourth-order valence-electron chi connectivity index (χ4n) is 2.20. The minimum atomic E-state index is 0.793.